The molecular weight excluding hydrogens is 194 g/mol. The molecule has 15 heavy (non-hydrogen) atoms. The Labute approximate surface area is 86.4 Å². The standard InChI is InChI=1S/C10H11N3O2/c1-10(2,8(14)15)7-3-5-13-6-4-11-9(13)12-7/h3-6H,1-2H3,(H,14,15). The highest BCUT2D eigenvalue weighted by Crippen LogP contribution is 2.21. The molecule has 0 aliphatic heterocycles. The molecule has 0 spiro atoms. The topological polar surface area (TPSA) is 67.5 Å². The number of aromatic nitrogens is 3. The van der Waals surface area contributed by atoms with Crippen LogP contribution in [0.15, 0.2) is 24.7 Å². The van der Waals surface area contributed by atoms with Crippen molar-refractivity contribution in [2.24, 2.45) is 0 Å². The number of hydrogen-bond acceptors (Lipinski definition) is 3. The molecule has 2 aromatic rings. The van der Waals surface area contributed by atoms with Gasteiger partial charge in [-0.25, -0.2) is 9.97 Å². The van der Waals surface area contributed by atoms with Crippen molar-refractivity contribution >= 4 is 11.7 Å². The van der Waals surface area contributed by atoms with E-state index < -0.39 is 11.4 Å². The summed E-state index contributed by atoms with van der Waals surface area (Å²) in [6.07, 6.45) is 5.15. The fourth-order valence-electron chi connectivity index (χ4n) is 1.26. The highest BCUT2D eigenvalue weighted by molar-refractivity contribution is 5.79. The number of imidazole rings is 1. The summed E-state index contributed by atoms with van der Waals surface area (Å²) >= 11 is 0. The summed E-state index contributed by atoms with van der Waals surface area (Å²) in [6, 6.07) is 1.70. The Morgan fingerprint density at radius 1 is 1.47 bits per heavy atom. The van der Waals surface area contributed by atoms with Gasteiger partial charge in [-0.05, 0) is 19.9 Å². The third-order valence-corrected chi connectivity index (χ3v) is 2.44. The molecule has 5 heteroatoms. The van der Waals surface area contributed by atoms with Gasteiger partial charge in [-0.15, -0.1) is 0 Å². The van der Waals surface area contributed by atoms with E-state index in [-0.39, 0.29) is 0 Å². The molecule has 0 saturated carbocycles. The van der Waals surface area contributed by atoms with Gasteiger partial charge < -0.3 is 5.11 Å². The van der Waals surface area contributed by atoms with Gasteiger partial charge in [0.25, 0.3) is 0 Å². The van der Waals surface area contributed by atoms with E-state index in [9.17, 15) is 4.79 Å². The number of hydrogen-bond donors (Lipinski definition) is 1. The first kappa shape index (κ1) is 9.64. The molecule has 0 aromatic carbocycles. The summed E-state index contributed by atoms with van der Waals surface area (Å²) in [5.74, 6) is -0.382. The Kier molecular flexibility index (Phi) is 1.96. The molecular formula is C10H11N3O2. The predicted molar refractivity (Wildman–Crippen MR) is 53.6 cm³/mol. The van der Waals surface area contributed by atoms with E-state index in [0.717, 1.165) is 0 Å². The van der Waals surface area contributed by atoms with E-state index >= 15 is 0 Å². The zero-order valence-corrected chi connectivity index (χ0v) is 8.51. The first-order chi connectivity index (χ1) is 7.01. The average molecular weight is 205 g/mol. The second-order valence-electron chi connectivity index (χ2n) is 3.88. The number of carbonyl (C=O) groups is 1. The smallest absolute Gasteiger partial charge is 0.315 e. The number of carboxylic acids is 1. The maximum absolute atomic E-state index is 11.0. The molecule has 0 atom stereocenters. The Morgan fingerprint density at radius 3 is 2.87 bits per heavy atom. The Morgan fingerprint density at radius 2 is 2.20 bits per heavy atom. The molecule has 5 nitrogen and oxygen atoms in total. The Balaban J connectivity index is 2.57. The van der Waals surface area contributed by atoms with Gasteiger partial charge >= 0.3 is 5.97 Å². The molecule has 0 amide bonds. The van der Waals surface area contributed by atoms with Crippen LogP contribution in [0, 0.1) is 0 Å². The van der Waals surface area contributed by atoms with Crippen LogP contribution in [0.25, 0.3) is 5.78 Å². The van der Waals surface area contributed by atoms with Crippen LogP contribution in [0.3, 0.4) is 0 Å². The van der Waals surface area contributed by atoms with Crippen LogP contribution in [0.2, 0.25) is 0 Å². The lowest BCUT2D eigenvalue weighted by Crippen LogP contribution is -2.29. The molecule has 0 radical (unpaired) electrons. The highest BCUT2D eigenvalue weighted by atomic mass is 16.4. The van der Waals surface area contributed by atoms with E-state index in [0.29, 0.717) is 11.5 Å². The SMILES string of the molecule is CC(C)(C(=O)O)c1ccn2ccnc2n1. The highest BCUT2D eigenvalue weighted by Gasteiger charge is 2.31. The summed E-state index contributed by atoms with van der Waals surface area (Å²) in [6.45, 7) is 3.24. The monoisotopic (exact) mass is 205 g/mol. The summed E-state index contributed by atoms with van der Waals surface area (Å²) in [5, 5.41) is 9.05. The van der Waals surface area contributed by atoms with Crippen LogP contribution in [0.5, 0.6) is 0 Å². The molecule has 78 valence electrons. The van der Waals surface area contributed by atoms with E-state index in [1.54, 1.807) is 42.9 Å². The van der Waals surface area contributed by atoms with Crippen LogP contribution in [-0.2, 0) is 10.2 Å². The van der Waals surface area contributed by atoms with E-state index in [4.69, 9.17) is 5.11 Å². The predicted octanol–water partition coefficient (Wildman–Crippen LogP) is 1.09. The zero-order chi connectivity index (χ0) is 11.1. The van der Waals surface area contributed by atoms with Crippen molar-refractivity contribution < 1.29 is 9.90 Å². The summed E-state index contributed by atoms with van der Waals surface area (Å²) in [7, 11) is 0. The maximum atomic E-state index is 11.0. The fraction of sp³-hybridized carbons (Fsp3) is 0.300. The Bertz CT molecular complexity index is 516. The Hall–Kier alpha value is -1.91. The van der Waals surface area contributed by atoms with Crippen molar-refractivity contribution in [1.29, 1.82) is 0 Å². The second-order valence-corrected chi connectivity index (χ2v) is 3.88. The molecule has 0 bridgehead atoms. The van der Waals surface area contributed by atoms with Gasteiger partial charge in [0.05, 0.1) is 5.69 Å². The van der Waals surface area contributed by atoms with Crippen molar-refractivity contribution in [2.75, 3.05) is 0 Å². The van der Waals surface area contributed by atoms with Crippen molar-refractivity contribution in [3.8, 4) is 0 Å². The van der Waals surface area contributed by atoms with Gasteiger partial charge in [-0.2, -0.15) is 0 Å². The minimum absolute atomic E-state index is 0.508. The molecule has 0 saturated heterocycles. The van der Waals surface area contributed by atoms with Gasteiger partial charge in [-0.1, -0.05) is 0 Å². The molecule has 0 unspecified atom stereocenters. The van der Waals surface area contributed by atoms with Gasteiger partial charge in [0.15, 0.2) is 0 Å². The van der Waals surface area contributed by atoms with Crippen molar-refractivity contribution in [1.82, 2.24) is 14.4 Å². The minimum Gasteiger partial charge on any atom is -0.481 e. The van der Waals surface area contributed by atoms with Crippen LogP contribution < -0.4 is 0 Å². The molecule has 2 aromatic heterocycles. The number of aliphatic carboxylic acids is 1. The van der Waals surface area contributed by atoms with Crippen LogP contribution in [-0.4, -0.2) is 25.4 Å². The van der Waals surface area contributed by atoms with E-state index in [1.807, 2.05) is 0 Å². The number of fused-ring (bicyclic) bond motifs is 1. The quantitative estimate of drug-likeness (QED) is 0.796. The van der Waals surface area contributed by atoms with Crippen molar-refractivity contribution in [3.05, 3.63) is 30.4 Å². The van der Waals surface area contributed by atoms with Crippen LogP contribution in [0.4, 0.5) is 0 Å². The van der Waals surface area contributed by atoms with E-state index in [1.165, 1.54) is 0 Å². The summed E-state index contributed by atoms with van der Waals surface area (Å²) in [4.78, 5) is 19.2. The van der Waals surface area contributed by atoms with Gasteiger partial charge in [0.2, 0.25) is 5.78 Å². The number of carboxylic acid groups (broad SMARTS) is 1. The third kappa shape index (κ3) is 1.45. The summed E-state index contributed by atoms with van der Waals surface area (Å²) < 4.78 is 1.74. The molecule has 0 aliphatic rings. The minimum atomic E-state index is -0.992. The van der Waals surface area contributed by atoms with Gasteiger partial charge in [0.1, 0.15) is 5.41 Å². The molecule has 0 aliphatic carbocycles. The normalized spacial score (nSPS) is 11.9. The van der Waals surface area contributed by atoms with Crippen molar-refractivity contribution in [3.63, 3.8) is 0 Å². The fourth-order valence-corrected chi connectivity index (χ4v) is 1.26. The molecule has 2 rings (SSSR count). The van der Waals surface area contributed by atoms with Crippen molar-refractivity contribution in [2.45, 2.75) is 19.3 Å². The van der Waals surface area contributed by atoms with Gasteiger partial charge in [0, 0.05) is 18.6 Å². The summed E-state index contributed by atoms with van der Waals surface area (Å²) in [5.41, 5.74) is -0.484. The van der Waals surface area contributed by atoms with Crippen LogP contribution in [0.1, 0.15) is 19.5 Å². The first-order valence-electron chi connectivity index (χ1n) is 4.55. The lowest BCUT2D eigenvalue weighted by molar-refractivity contribution is -0.142. The molecule has 0 fully saturated rings. The lowest BCUT2D eigenvalue weighted by atomic mass is 9.89. The molecule has 2 heterocycles. The van der Waals surface area contributed by atoms with Gasteiger partial charge in [-0.3, -0.25) is 9.20 Å². The number of nitrogens with zero attached hydrogens (tertiary/aromatic N) is 3. The second kappa shape index (κ2) is 3.05. The lowest BCUT2D eigenvalue weighted by Gasteiger charge is -2.17. The van der Waals surface area contributed by atoms with Crippen LogP contribution >= 0.6 is 0 Å². The zero-order valence-electron chi connectivity index (χ0n) is 8.51. The largest absolute Gasteiger partial charge is 0.481 e. The first-order valence-corrected chi connectivity index (χ1v) is 4.55. The average Bonchev–Trinajstić information content (AvgIpc) is 2.63. The third-order valence-electron chi connectivity index (χ3n) is 2.44. The maximum Gasteiger partial charge on any atom is 0.315 e. The number of rotatable bonds is 2. The van der Waals surface area contributed by atoms with E-state index in [2.05, 4.69) is 9.97 Å². The molecule has 1 N–H and O–H groups in total.